The molecule has 1 N–H and O–H groups in total. The molecule has 0 aliphatic rings. The molecule has 9 heteroatoms. The van der Waals surface area contributed by atoms with Crippen molar-refractivity contribution in [3.8, 4) is 5.69 Å². The van der Waals surface area contributed by atoms with Crippen LogP contribution in [0.4, 0.5) is 10.1 Å². The molecular weight excluding hydrogens is 357 g/mol. The first-order valence-electron chi connectivity index (χ1n) is 7.83. The molecule has 0 amide bonds. The number of sulfonamides is 1. The fourth-order valence-electron chi connectivity index (χ4n) is 2.35. The molecule has 0 unspecified atom stereocenters. The van der Waals surface area contributed by atoms with Gasteiger partial charge >= 0.3 is 0 Å². The third-order valence-electron chi connectivity index (χ3n) is 3.84. The number of anilines is 1. The quantitative estimate of drug-likeness (QED) is 0.757. The molecule has 7 nitrogen and oxygen atoms in total. The number of aromatic nitrogens is 4. The molecule has 3 aromatic rings. The molecule has 0 saturated carbocycles. The molecule has 0 spiro atoms. The van der Waals surface area contributed by atoms with Crippen molar-refractivity contribution in [3.05, 3.63) is 60.2 Å². The first-order chi connectivity index (χ1) is 12.2. The lowest BCUT2D eigenvalue weighted by Gasteiger charge is -2.19. The van der Waals surface area contributed by atoms with Gasteiger partial charge in [0.1, 0.15) is 12.1 Å². The van der Waals surface area contributed by atoms with E-state index in [1.54, 1.807) is 12.1 Å². The number of hydrogen-bond donors (Lipinski definition) is 1. The predicted molar refractivity (Wildman–Crippen MR) is 95.1 cm³/mol. The number of tetrazole rings is 1. The molecule has 0 aliphatic heterocycles. The fraction of sp³-hybridized carbons (Fsp3) is 0.235. The van der Waals surface area contributed by atoms with Crippen LogP contribution in [0.1, 0.15) is 26.3 Å². The van der Waals surface area contributed by atoms with Crippen LogP contribution in [0.2, 0.25) is 0 Å². The lowest BCUT2D eigenvalue weighted by molar-refractivity contribution is 0.587. The lowest BCUT2D eigenvalue weighted by Crippen LogP contribution is -2.16. The summed E-state index contributed by atoms with van der Waals surface area (Å²) in [6.07, 6.45) is 1.33. The summed E-state index contributed by atoms with van der Waals surface area (Å²) in [5, 5.41) is 10.7. The first kappa shape index (κ1) is 18.0. The maximum absolute atomic E-state index is 14.1. The van der Waals surface area contributed by atoms with Gasteiger partial charge in [-0.25, -0.2) is 17.5 Å². The minimum Gasteiger partial charge on any atom is -0.277 e. The van der Waals surface area contributed by atoms with Crippen LogP contribution in [0.15, 0.2) is 53.7 Å². The van der Waals surface area contributed by atoms with Gasteiger partial charge < -0.3 is 0 Å². The standard InChI is InChI=1S/C17H18FN5O2S/c1-17(2,3)12-4-7-14(8-5-12)26(24,25)20-16-10-13(6-9-15(16)18)23-11-19-21-22-23/h4-11,20H,1-3H3. The van der Waals surface area contributed by atoms with Gasteiger partial charge in [0.05, 0.1) is 16.3 Å². The fourth-order valence-corrected chi connectivity index (χ4v) is 3.41. The number of hydrogen-bond acceptors (Lipinski definition) is 5. The number of halogens is 1. The van der Waals surface area contributed by atoms with Gasteiger partial charge in [-0.05, 0) is 51.7 Å². The Labute approximate surface area is 150 Å². The summed E-state index contributed by atoms with van der Waals surface area (Å²) in [6.45, 7) is 6.11. The normalized spacial score (nSPS) is 12.2. The minimum absolute atomic E-state index is 0.0534. The van der Waals surface area contributed by atoms with Crippen LogP contribution in [-0.2, 0) is 15.4 Å². The van der Waals surface area contributed by atoms with E-state index < -0.39 is 15.8 Å². The van der Waals surface area contributed by atoms with E-state index in [4.69, 9.17) is 0 Å². The van der Waals surface area contributed by atoms with Gasteiger partial charge in [-0.1, -0.05) is 32.9 Å². The minimum atomic E-state index is -3.93. The highest BCUT2D eigenvalue weighted by molar-refractivity contribution is 7.92. The zero-order valence-electron chi connectivity index (χ0n) is 14.5. The van der Waals surface area contributed by atoms with Crippen molar-refractivity contribution < 1.29 is 12.8 Å². The molecule has 136 valence electrons. The van der Waals surface area contributed by atoms with Crippen molar-refractivity contribution >= 4 is 15.7 Å². The number of benzene rings is 2. The molecule has 1 heterocycles. The average Bonchev–Trinajstić information content (AvgIpc) is 3.10. The molecule has 0 bridgehead atoms. The highest BCUT2D eigenvalue weighted by Crippen LogP contribution is 2.25. The van der Waals surface area contributed by atoms with Gasteiger partial charge in [-0.15, -0.1) is 5.10 Å². The maximum atomic E-state index is 14.1. The summed E-state index contributed by atoms with van der Waals surface area (Å²) < 4.78 is 42.8. The summed E-state index contributed by atoms with van der Waals surface area (Å²) in [7, 11) is -3.93. The predicted octanol–water partition coefficient (Wildman–Crippen LogP) is 2.90. The second kappa shape index (κ2) is 6.49. The molecule has 0 fully saturated rings. The van der Waals surface area contributed by atoms with Crippen LogP contribution >= 0.6 is 0 Å². The topological polar surface area (TPSA) is 89.8 Å². The molecule has 0 radical (unpaired) electrons. The maximum Gasteiger partial charge on any atom is 0.261 e. The van der Waals surface area contributed by atoms with Gasteiger partial charge in [-0.2, -0.15) is 0 Å². The number of rotatable bonds is 4. The Morgan fingerprint density at radius 3 is 2.35 bits per heavy atom. The molecule has 0 atom stereocenters. The summed E-state index contributed by atoms with van der Waals surface area (Å²) >= 11 is 0. The monoisotopic (exact) mass is 375 g/mol. The Kier molecular flexibility index (Phi) is 4.49. The van der Waals surface area contributed by atoms with E-state index >= 15 is 0 Å². The van der Waals surface area contributed by atoms with Crippen molar-refractivity contribution in [2.75, 3.05) is 4.72 Å². The second-order valence-electron chi connectivity index (χ2n) is 6.80. The number of nitrogens with zero attached hydrogens (tertiary/aromatic N) is 4. The van der Waals surface area contributed by atoms with Crippen molar-refractivity contribution in [2.45, 2.75) is 31.1 Å². The van der Waals surface area contributed by atoms with Crippen LogP contribution in [0.25, 0.3) is 5.69 Å². The Morgan fingerprint density at radius 1 is 1.08 bits per heavy atom. The van der Waals surface area contributed by atoms with Crippen molar-refractivity contribution in [2.24, 2.45) is 0 Å². The molecule has 3 rings (SSSR count). The van der Waals surface area contributed by atoms with E-state index in [-0.39, 0.29) is 16.0 Å². The molecule has 1 aromatic heterocycles. The van der Waals surface area contributed by atoms with Gasteiger partial charge in [0.15, 0.2) is 0 Å². The highest BCUT2D eigenvalue weighted by Gasteiger charge is 2.19. The largest absolute Gasteiger partial charge is 0.277 e. The molecule has 0 aliphatic carbocycles. The first-order valence-corrected chi connectivity index (χ1v) is 9.31. The summed E-state index contributed by atoms with van der Waals surface area (Å²) in [6, 6.07) is 10.4. The van der Waals surface area contributed by atoms with Gasteiger partial charge in [0, 0.05) is 0 Å². The van der Waals surface area contributed by atoms with Gasteiger partial charge in [-0.3, -0.25) is 4.72 Å². The van der Waals surface area contributed by atoms with Crippen LogP contribution in [0.3, 0.4) is 0 Å². The van der Waals surface area contributed by atoms with E-state index in [9.17, 15) is 12.8 Å². The molecule has 2 aromatic carbocycles. The van der Waals surface area contributed by atoms with Crippen molar-refractivity contribution in [3.63, 3.8) is 0 Å². The Bertz CT molecular complexity index is 1010. The average molecular weight is 375 g/mol. The molecular formula is C17H18FN5O2S. The Balaban J connectivity index is 1.91. The van der Waals surface area contributed by atoms with Crippen molar-refractivity contribution in [1.29, 1.82) is 0 Å². The summed E-state index contributed by atoms with van der Waals surface area (Å²) in [5.74, 6) is -0.697. The van der Waals surface area contributed by atoms with Crippen LogP contribution in [0, 0.1) is 5.82 Å². The zero-order valence-corrected chi connectivity index (χ0v) is 15.3. The van der Waals surface area contributed by atoms with E-state index in [1.807, 2.05) is 20.8 Å². The third-order valence-corrected chi connectivity index (χ3v) is 5.22. The second-order valence-corrected chi connectivity index (χ2v) is 8.48. The third kappa shape index (κ3) is 3.72. The number of nitrogens with one attached hydrogen (secondary N) is 1. The zero-order chi connectivity index (χ0) is 18.9. The van der Waals surface area contributed by atoms with Crippen LogP contribution in [-0.4, -0.2) is 28.6 Å². The SMILES string of the molecule is CC(C)(C)c1ccc(S(=O)(=O)Nc2cc(-n3cnnn3)ccc2F)cc1. The molecule has 26 heavy (non-hydrogen) atoms. The van der Waals surface area contributed by atoms with Crippen LogP contribution in [0.5, 0.6) is 0 Å². The summed E-state index contributed by atoms with van der Waals surface area (Å²) in [4.78, 5) is 0.0534. The highest BCUT2D eigenvalue weighted by atomic mass is 32.2. The Hall–Kier alpha value is -2.81. The van der Waals surface area contributed by atoms with E-state index in [2.05, 4.69) is 20.2 Å². The van der Waals surface area contributed by atoms with Gasteiger partial charge in [0.2, 0.25) is 0 Å². The molecule has 0 saturated heterocycles. The van der Waals surface area contributed by atoms with E-state index in [1.165, 1.54) is 35.3 Å². The van der Waals surface area contributed by atoms with E-state index in [0.29, 0.717) is 5.69 Å². The van der Waals surface area contributed by atoms with E-state index in [0.717, 1.165) is 11.6 Å². The lowest BCUT2D eigenvalue weighted by atomic mass is 9.87. The van der Waals surface area contributed by atoms with Crippen LogP contribution < -0.4 is 4.72 Å². The Morgan fingerprint density at radius 2 is 1.77 bits per heavy atom. The smallest absolute Gasteiger partial charge is 0.261 e. The summed E-state index contributed by atoms with van der Waals surface area (Å²) in [5.41, 5.74) is 1.15. The van der Waals surface area contributed by atoms with Crippen molar-refractivity contribution in [1.82, 2.24) is 20.2 Å². The van der Waals surface area contributed by atoms with Gasteiger partial charge in [0.25, 0.3) is 10.0 Å².